The first-order chi connectivity index (χ1) is 16.6. The molecule has 1 aliphatic rings. The van der Waals surface area contributed by atoms with Crippen LogP contribution in [-0.4, -0.2) is 61.5 Å². The van der Waals surface area contributed by atoms with Crippen molar-refractivity contribution in [1.82, 2.24) is 9.47 Å². The van der Waals surface area contributed by atoms with E-state index in [1.807, 2.05) is 30.3 Å². The zero-order valence-corrected chi connectivity index (χ0v) is 19.9. The van der Waals surface area contributed by atoms with Gasteiger partial charge in [0.25, 0.3) is 5.56 Å². The molecular formula is C24H28N4O5S. The number of ether oxygens (including phenoxy) is 3. The molecule has 1 N–H and O–H groups in total. The second-order valence-electron chi connectivity index (χ2n) is 7.31. The molecule has 1 aliphatic heterocycles. The quantitative estimate of drug-likeness (QED) is 0.392. The lowest BCUT2D eigenvalue weighted by atomic mass is 10.3. The van der Waals surface area contributed by atoms with Crippen LogP contribution in [0.15, 0.2) is 41.7 Å². The van der Waals surface area contributed by atoms with Gasteiger partial charge in [-0.1, -0.05) is 18.7 Å². The number of nitriles is 1. The summed E-state index contributed by atoms with van der Waals surface area (Å²) in [5, 5.41) is 12.6. The Morgan fingerprint density at radius 2 is 2.18 bits per heavy atom. The topological polar surface area (TPSA) is 106 Å². The smallest absolute Gasteiger partial charge is 0.352 e. The summed E-state index contributed by atoms with van der Waals surface area (Å²) in [7, 11) is 0. The summed E-state index contributed by atoms with van der Waals surface area (Å²) in [6.07, 6.45) is 2.98. The van der Waals surface area contributed by atoms with E-state index in [2.05, 4.69) is 16.8 Å². The van der Waals surface area contributed by atoms with E-state index < -0.39 is 5.97 Å². The van der Waals surface area contributed by atoms with Gasteiger partial charge in [-0.2, -0.15) is 5.26 Å². The van der Waals surface area contributed by atoms with E-state index >= 15 is 0 Å². The molecule has 0 unspecified atom stereocenters. The number of nitrogens with zero attached hydrogens (tertiary/aromatic N) is 3. The molecule has 34 heavy (non-hydrogen) atoms. The predicted molar refractivity (Wildman–Crippen MR) is 131 cm³/mol. The van der Waals surface area contributed by atoms with E-state index in [0.717, 1.165) is 55.6 Å². The Bertz CT molecular complexity index is 1220. The highest BCUT2D eigenvalue weighted by Crippen LogP contribution is 2.17. The number of thiazole rings is 1. The van der Waals surface area contributed by atoms with Crippen molar-refractivity contribution in [3.05, 3.63) is 56.5 Å². The van der Waals surface area contributed by atoms with E-state index in [1.165, 1.54) is 10.6 Å². The Kier molecular flexibility index (Phi) is 9.46. The first kappa shape index (κ1) is 25.2. The number of anilines is 1. The van der Waals surface area contributed by atoms with Crippen molar-refractivity contribution in [2.75, 3.05) is 51.4 Å². The third-order valence-corrected chi connectivity index (χ3v) is 6.20. The number of hydrogen-bond donors (Lipinski definition) is 1. The molecule has 2 heterocycles. The summed E-state index contributed by atoms with van der Waals surface area (Å²) in [4.78, 5) is 27.4. The third-order valence-electron chi connectivity index (χ3n) is 5.07. The lowest BCUT2D eigenvalue weighted by Gasteiger charge is -2.26. The van der Waals surface area contributed by atoms with Gasteiger partial charge in [-0.3, -0.25) is 14.3 Å². The first-order valence-electron chi connectivity index (χ1n) is 11.0. The van der Waals surface area contributed by atoms with Crippen LogP contribution in [0.2, 0.25) is 0 Å². The van der Waals surface area contributed by atoms with Gasteiger partial charge in [0.1, 0.15) is 34.2 Å². The molecule has 0 amide bonds. The average Bonchev–Trinajstić information content (AvgIpc) is 3.17. The first-order valence-corrected chi connectivity index (χ1v) is 11.8. The van der Waals surface area contributed by atoms with Crippen LogP contribution in [0, 0.1) is 11.3 Å². The van der Waals surface area contributed by atoms with E-state index in [9.17, 15) is 14.9 Å². The minimum absolute atomic E-state index is 0.0167. The van der Waals surface area contributed by atoms with Gasteiger partial charge in [0.05, 0.1) is 13.2 Å². The lowest BCUT2D eigenvalue weighted by Crippen LogP contribution is -2.38. The summed E-state index contributed by atoms with van der Waals surface area (Å²) in [5.74, 6) is -0.0677. The number of morpholine rings is 1. The maximum absolute atomic E-state index is 12.8. The molecule has 10 heteroatoms. The van der Waals surface area contributed by atoms with Crippen molar-refractivity contribution < 1.29 is 19.0 Å². The number of nitrogens with one attached hydrogen (secondary N) is 1. The second kappa shape index (κ2) is 12.7. The minimum atomic E-state index is -0.785. The standard InChI is InChI=1S/C24H28N4O5S/c1-3-11-33-24(30)20(16-25)23-28(4-2)22(29)21(34-23)17-26-18-6-5-7-19(15-18)32-14-10-27-8-12-31-13-9-27/h3,5-7,15,17,26H,1,4,8-14H2,2H3. The van der Waals surface area contributed by atoms with Crippen LogP contribution in [0.1, 0.15) is 6.92 Å². The van der Waals surface area contributed by atoms with E-state index in [0.29, 0.717) is 17.7 Å². The summed E-state index contributed by atoms with van der Waals surface area (Å²) >= 11 is 1.06. The van der Waals surface area contributed by atoms with E-state index in [-0.39, 0.29) is 22.4 Å². The molecule has 1 fully saturated rings. The Hall–Kier alpha value is -3.39. The summed E-state index contributed by atoms with van der Waals surface area (Å²) in [6.45, 7) is 10.3. The van der Waals surface area contributed by atoms with Gasteiger partial charge in [-0.25, -0.2) is 4.79 Å². The van der Waals surface area contributed by atoms with Gasteiger partial charge in [0.15, 0.2) is 5.57 Å². The minimum Gasteiger partial charge on any atom is -0.492 e. The van der Waals surface area contributed by atoms with Crippen molar-refractivity contribution in [2.45, 2.75) is 13.5 Å². The van der Waals surface area contributed by atoms with Crippen LogP contribution in [0.5, 0.6) is 5.75 Å². The van der Waals surface area contributed by atoms with Crippen LogP contribution in [0.25, 0.3) is 11.8 Å². The molecular weight excluding hydrogens is 456 g/mol. The maximum Gasteiger partial charge on any atom is 0.352 e. The molecule has 0 atom stereocenters. The molecule has 180 valence electrons. The number of benzene rings is 1. The van der Waals surface area contributed by atoms with Gasteiger partial charge in [-0.15, -0.1) is 11.3 Å². The Morgan fingerprint density at radius 1 is 1.38 bits per heavy atom. The van der Waals surface area contributed by atoms with Crippen LogP contribution in [0.3, 0.4) is 0 Å². The van der Waals surface area contributed by atoms with Gasteiger partial charge in [0, 0.05) is 44.1 Å². The highest BCUT2D eigenvalue weighted by atomic mass is 32.1. The molecule has 9 nitrogen and oxygen atoms in total. The molecule has 0 radical (unpaired) electrons. The van der Waals surface area contributed by atoms with Crippen molar-refractivity contribution in [1.29, 1.82) is 5.26 Å². The number of esters is 1. The zero-order chi connectivity index (χ0) is 24.3. The maximum atomic E-state index is 12.8. The largest absolute Gasteiger partial charge is 0.492 e. The van der Waals surface area contributed by atoms with Crippen molar-refractivity contribution in [3.63, 3.8) is 0 Å². The Labute approximate surface area is 201 Å². The number of aromatic nitrogens is 1. The van der Waals surface area contributed by atoms with Gasteiger partial charge >= 0.3 is 5.97 Å². The summed E-state index contributed by atoms with van der Waals surface area (Å²) in [6, 6.07) is 9.31. The number of carbonyl (C=O) groups excluding carboxylic acids is 1. The zero-order valence-electron chi connectivity index (χ0n) is 19.1. The monoisotopic (exact) mass is 484 g/mol. The van der Waals surface area contributed by atoms with Crippen molar-refractivity contribution >= 4 is 34.8 Å². The van der Waals surface area contributed by atoms with E-state index in [1.54, 1.807) is 13.1 Å². The van der Waals surface area contributed by atoms with E-state index in [4.69, 9.17) is 14.2 Å². The van der Waals surface area contributed by atoms with Gasteiger partial charge in [-0.05, 0) is 19.1 Å². The molecule has 1 aromatic carbocycles. The third kappa shape index (κ3) is 6.57. The molecule has 1 saturated heterocycles. The predicted octanol–water partition coefficient (Wildman–Crippen LogP) is 0.894. The van der Waals surface area contributed by atoms with Gasteiger partial charge < -0.3 is 19.5 Å². The molecule has 0 aliphatic carbocycles. The number of hydrogen-bond acceptors (Lipinski definition) is 9. The number of rotatable bonds is 10. The second-order valence-corrected chi connectivity index (χ2v) is 8.34. The molecule has 0 saturated carbocycles. The van der Waals surface area contributed by atoms with Crippen molar-refractivity contribution in [2.24, 2.45) is 0 Å². The van der Waals surface area contributed by atoms with Crippen LogP contribution in [0.4, 0.5) is 5.69 Å². The molecule has 2 aromatic rings. The lowest BCUT2D eigenvalue weighted by molar-refractivity contribution is -0.135. The Balaban J connectivity index is 1.76. The van der Waals surface area contributed by atoms with Crippen LogP contribution in [-0.2, 0) is 20.8 Å². The summed E-state index contributed by atoms with van der Waals surface area (Å²) in [5.41, 5.74) is 0.245. The average molecular weight is 485 g/mol. The molecule has 1 aromatic heterocycles. The molecule has 0 bridgehead atoms. The number of carbonyl (C=O) groups is 1. The fourth-order valence-corrected chi connectivity index (χ4v) is 4.40. The SMILES string of the molecule is C=CCOC(=O)C(C#N)=c1sc(=CNc2cccc(OCCN3CCOCC3)c2)c(=O)n1CC. The fraction of sp³-hybridized carbons (Fsp3) is 0.375. The molecule has 3 rings (SSSR count). The Morgan fingerprint density at radius 3 is 2.88 bits per heavy atom. The highest BCUT2D eigenvalue weighted by molar-refractivity contribution is 7.07. The highest BCUT2D eigenvalue weighted by Gasteiger charge is 2.16. The molecule has 0 spiro atoms. The fourth-order valence-electron chi connectivity index (χ4n) is 3.32. The van der Waals surface area contributed by atoms with Crippen LogP contribution >= 0.6 is 11.3 Å². The van der Waals surface area contributed by atoms with Crippen LogP contribution < -0.4 is 24.8 Å². The normalized spacial score (nSPS) is 15.4. The summed E-state index contributed by atoms with van der Waals surface area (Å²) < 4.78 is 18.2. The van der Waals surface area contributed by atoms with Gasteiger partial charge in [0.2, 0.25) is 0 Å². The van der Waals surface area contributed by atoms with Crippen molar-refractivity contribution in [3.8, 4) is 11.8 Å².